The third-order valence-corrected chi connectivity index (χ3v) is 2.71. The summed E-state index contributed by atoms with van der Waals surface area (Å²) < 4.78 is 6.24. The molecule has 0 saturated carbocycles. The van der Waals surface area contributed by atoms with Crippen molar-refractivity contribution in [3.8, 4) is 0 Å². The van der Waals surface area contributed by atoms with Gasteiger partial charge in [-0.1, -0.05) is 0 Å². The summed E-state index contributed by atoms with van der Waals surface area (Å²) in [6.07, 6.45) is 1.20. The van der Waals surface area contributed by atoms with Gasteiger partial charge in [-0.15, -0.1) is 0 Å². The fraction of sp³-hybridized carbons (Fsp3) is 1.00. The molecule has 0 amide bonds. The molecule has 0 fully saturated rings. The van der Waals surface area contributed by atoms with Crippen LogP contribution in [-0.2, 0) is 30.9 Å². The van der Waals surface area contributed by atoms with Gasteiger partial charge in [0, 0.05) is 0 Å². The Morgan fingerprint density at radius 3 is 2.71 bits per heavy atom. The summed E-state index contributed by atoms with van der Waals surface area (Å²) in [4.78, 5) is 0. The maximum absolute atomic E-state index is 5.23. The number of hydrogen-bond donors (Lipinski definition) is 0. The van der Waals surface area contributed by atoms with Gasteiger partial charge in [0.05, 0.1) is 0 Å². The molecule has 0 radical (unpaired) electrons. The van der Waals surface area contributed by atoms with Crippen LogP contribution < -0.4 is 0 Å². The van der Waals surface area contributed by atoms with E-state index >= 15 is 0 Å². The molecule has 0 aromatic rings. The zero-order valence-corrected chi connectivity index (χ0v) is 10.6. The van der Waals surface area contributed by atoms with Crippen molar-refractivity contribution in [1.29, 1.82) is 0 Å². The van der Waals surface area contributed by atoms with E-state index in [2.05, 4.69) is 0 Å². The third kappa shape index (κ3) is 7.19. The van der Waals surface area contributed by atoms with Gasteiger partial charge in [-0.25, -0.2) is 0 Å². The average Bonchev–Trinajstić information content (AvgIpc) is 1.69. The van der Waals surface area contributed by atoms with Gasteiger partial charge in [0.15, 0.2) is 0 Å². The molecule has 0 saturated heterocycles. The SMILES string of the molecule is ClCOCC[CH2][Hg+]. The molecule has 0 aliphatic heterocycles. The molecule has 0 unspecified atom stereocenters. The van der Waals surface area contributed by atoms with Gasteiger partial charge in [-0.2, -0.15) is 0 Å². The van der Waals surface area contributed by atoms with Crippen LogP contribution in [0.3, 0.4) is 0 Å². The first kappa shape index (κ1) is 8.19. The van der Waals surface area contributed by atoms with E-state index in [0.717, 1.165) is 32.7 Å². The van der Waals surface area contributed by atoms with Crippen LogP contribution in [0.15, 0.2) is 0 Å². The molecule has 3 heteroatoms. The summed E-state index contributed by atoms with van der Waals surface area (Å²) in [5, 5.41) is 0. The molecular weight excluding hydrogens is 300 g/mol. The first-order chi connectivity index (χ1) is 3.41. The molecule has 0 aromatic carbocycles. The van der Waals surface area contributed by atoms with E-state index in [-0.39, 0.29) is 0 Å². The standard InChI is InChI=1S/C4H8ClO.Hg/c1-2-3-6-4-5;/h1-4H2;/q;+1. The fourth-order valence-corrected chi connectivity index (χ4v) is 1.16. The normalized spacial score (nSPS) is 9.57. The van der Waals surface area contributed by atoms with Crippen LogP contribution in [0.1, 0.15) is 6.42 Å². The molecule has 0 aromatic heterocycles. The van der Waals surface area contributed by atoms with Crippen molar-refractivity contribution >= 4 is 11.6 Å². The van der Waals surface area contributed by atoms with Crippen LogP contribution in [-0.4, -0.2) is 12.7 Å². The first-order valence-corrected chi connectivity index (χ1v) is 6.77. The Morgan fingerprint density at radius 1 is 1.57 bits per heavy atom. The van der Waals surface area contributed by atoms with E-state index < -0.39 is 0 Å². The Balaban J connectivity index is 2.45. The Morgan fingerprint density at radius 2 is 2.29 bits per heavy atom. The number of hydrogen-bond acceptors (Lipinski definition) is 1. The molecule has 0 bridgehead atoms. The van der Waals surface area contributed by atoms with Gasteiger partial charge in [-0.05, 0) is 0 Å². The molecular formula is C4H8ClHgO+. The Labute approximate surface area is 65.3 Å². The topological polar surface area (TPSA) is 9.23 Å². The molecule has 0 atom stereocenters. The van der Waals surface area contributed by atoms with E-state index in [1.807, 2.05) is 0 Å². The summed E-state index contributed by atoms with van der Waals surface area (Å²) in [5.74, 6) is 0. The zero-order chi connectivity index (χ0) is 5.54. The number of ether oxygens (including phenoxy) is 1. The molecule has 0 rings (SSSR count). The summed E-state index contributed by atoms with van der Waals surface area (Å²) in [5.41, 5.74) is 0. The van der Waals surface area contributed by atoms with Crippen molar-refractivity contribution in [2.45, 2.75) is 10.4 Å². The summed E-state index contributed by atoms with van der Waals surface area (Å²) >= 11 is 6.18. The predicted octanol–water partition coefficient (Wildman–Crippen LogP) is 1.55. The van der Waals surface area contributed by atoms with E-state index in [1.165, 1.54) is 10.4 Å². The molecule has 0 aliphatic carbocycles. The second kappa shape index (κ2) is 7.19. The van der Waals surface area contributed by atoms with Gasteiger partial charge in [-0.3, -0.25) is 0 Å². The van der Waals surface area contributed by atoms with Crippen LogP contribution in [0, 0.1) is 0 Å². The predicted molar refractivity (Wildman–Crippen MR) is 26.1 cm³/mol. The molecule has 1 nitrogen and oxygen atoms in total. The number of alkyl halides is 1. The molecule has 0 spiro atoms. The molecule has 7 heavy (non-hydrogen) atoms. The second-order valence-corrected chi connectivity index (χ2v) is 4.19. The van der Waals surface area contributed by atoms with Crippen molar-refractivity contribution in [1.82, 2.24) is 0 Å². The van der Waals surface area contributed by atoms with Gasteiger partial charge in [0.25, 0.3) is 0 Å². The van der Waals surface area contributed by atoms with Crippen LogP contribution in [0.2, 0.25) is 3.93 Å². The quantitative estimate of drug-likeness (QED) is 0.435. The van der Waals surface area contributed by atoms with E-state index in [1.54, 1.807) is 0 Å². The van der Waals surface area contributed by atoms with Crippen molar-refractivity contribution in [2.75, 3.05) is 12.7 Å². The Bertz CT molecular complexity index is 30.9. The van der Waals surface area contributed by atoms with Crippen molar-refractivity contribution in [3.63, 3.8) is 0 Å². The number of halogens is 1. The van der Waals surface area contributed by atoms with Crippen LogP contribution in [0.5, 0.6) is 0 Å². The van der Waals surface area contributed by atoms with Gasteiger partial charge in [0.2, 0.25) is 0 Å². The van der Waals surface area contributed by atoms with E-state index in [9.17, 15) is 0 Å². The van der Waals surface area contributed by atoms with Crippen LogP contribution in [0.25, 0.3) is 0 Å². The number of rotatable bonds is 4. The van der Waals surface area contributed by atoms with E-state index in [0.29, 0.717) is 6.07 Å². The van der Waals surface area contributed by atoms with Gasteiger partial charge < -0.3 is 0 Å². The van der Waals surface area contributed by atoms with E-state index in [4.69, 9.17) is 16.3 Å². The van der Waals surface area contributed by atoms with Crippen molar-refractivity contribution in [2.24, 2.45) is 0 Å². The summed E-state index contributed by atoms with van der Waals surface area (Å²) in [6, 6.07) is 0.355. The minimum absolute atomic E-state index is 0.355. The maximum atomic E-state index is 5.23. The molecule has 38 valence electrons. The fourth-order valence-electron chi connectivity index (χ4n) is 0.259. The molecule has 0 aliphatic rings. The van der Waals surface area contributed by atoms with Crippen LogP contribution in [0.4, 0.5) is 0 Å². The molecule has 0 N–H and O–H groups in total. The third-order valence-electron chi connectivity index (χ3n) is 0.616. The van der Waals surface area contributed by atoms with Crippen LogP contribution >= 0.6 is 11.6 Å². The Kier molecular flexibility index (Phi) is 8.40. The average molecular weight is 308 g/mol. The monoisotopic (exact) mass is 309 g/mol. The summed E-state index contributed by atoms with van der Waals surface area (Å²) in [6.45, 7) is 0.854. The first-order valence-electron chi connectivity index (χ1n) is 2.34. The summed E-state index contributed by atoms with van der Waals surface area (Å²) in [7, 11) is 0. The zero-order valence-electron chi connectivity index (χ0n) is 4.32. The minimum atomic E-state index is 0.355. The van der Waals surface area contributed by atoms with Crippen molar-refractivity contribution < 1.29 is 30.9 Å². The molecule has 0 heterocycles. The Hall–Kier alpha value is 1.19. The van der Waals surface area contributed by atoms with Gasteiger partial charge in [0.1, 0.15) is 0 Å². The van der Waals surface area contributed by atoms with Crippen molar-refractivity contribution in [3.05, 3.63) is 0 Å². The second-order valence-electron chi connectivity index (χ2n) is 1.22. The van der Waals surface area contributed by atoms with Gasteiger partial charge >= 0.3 is 65.5 Å².